The van der Waals surface area contributed by atoms with E-state index in [1.807, 2.05) is 6.92 Å². The minimum absolute atomic E-state index is 0.00644. The molecule has 1 N–H and O–H groups in total. The second-order valence-electron chi connectivity index (χ2n) is 6.59. The Bertz CT molecular complexity index is 534. The number of benzene rings is 1. The van der Waals surface area contributed by atoms with E-state index in [0.717, 1.165) is 43.6 Å². The van der Waals surface area contributed by atoms with Crippen LogP contribution in [-0.2, 0) is 17.4 Å². The van der Waals surface area contributed by atoms with Crippen LogP contribution in [0, 0.1) is 5.92 Å². The van der Waals surface area contributed by atoms with Crippen LogP contribution in [0.2, 0.25) is 0 Å². The summed E-state index contributed by atoms with van der Waals surface area (Å²) in [5.74, 6) is -0.201. The SMILES string of the molecule is CCC(Cc1ccc(C(F)(F)F)cc1)C(=O)NC1CCN(C)CC1. The molecule has 1 amide bonds. The summed E-state index contributed by atoms with van der Waals surface area (Å²) in [5, 5.41) is 3.10. The van der Waals surface area contributed by atoms with Gasteiger partial charge in [-0.25, -0.2) is 0 Å². The van der Waals surface area contributed by atoms with Gasteiger partial charge in [0, 0.05) is 12.0 Å². The number of nitrogens with zero attached hydrogens (tertiary/aromatic N) is 1. The number of carbonyl (C=O) groups excluding carboxylic acids is 1. The second-order valence-corrected chi connectivity index (χ2v) is 6.59. The highest BCUT2D eigenvalue weighted by molar-refractivity contribution is 5.79. The van der Waals surface area contributed by atoms with E-state index in [2.05, 4.69) is 17.3 Å². The lowest BCUT2D eigenvalue weighted by molar-refractivity contribution is -0.137. The van der Waals surface area contributed by atoms with Crippen molar-refractivity contribution in [3.63, 3.8) is 0 Å². The number of likely N-dealkylation sites (tertiary alicyclic amines) is 1. The number of amides is 1. The van der Waals surface area contributed by atoms with E-state index in [-0.39, 0.29) is 17.9 Å². The van der Waals surface area contributed by atoms with Crippen molar-refractivity contribution in [3.05, 3.63) is 35.4 Å². The molecule has 0 bridgehead atoms. The van der Waals surface area contributed by atoms with Crippen molar-refractivity contribution in [1.29, 1.82) is 0 Å². The number of carbonyl (C=O) groups is 1. The molecule has 1 aliphatic rings. The van der Waals surface area contributed by atoms with Gasteiger partial charge in [-0.05, 0) is 63.5 Å². The van der Waals surface area contributed by atoms with E-state index < -0.39 is 11.7 Å². The molecule has 1 aromatic rings. The highest BCUT2D eigenvalue weighted by Gasteiger charge is 2.30. The minimum Gasteiger partial charge on any atom is -0.353 e. The maximum atomic E-state index is 12.6. The van der Waals surface area contributed by atoms with Crippen LogP contribution in [0.4, 0.5) is 13.2 Å². The number of nitrogens with one attached hydrogen (secondary N) is 1. The average molecular weight is 342 g/mol. The molecule has 6 heteroatoms. The zero-order chi connectivity index (χ0) is 17.7. The Morgan fingerprint density at radius 3 is 2.33 bits per heavy atom. The maximum Gasteiger partial charge on any atom is 0.416 e. The van der Waals surface area contributed by atoms with Crippen LogP contribution in [0.3, 0.4) is 0 Å². The molecule has 134 valence electrons. The monoisotopic (exact) mass is 342 g/mol. The van der Waals surface area contributed by atoms with Crippen molar-refractivity contribution < 1.29 is 18.0 Å². The van der Waals surface area contributed by atoms with E-state index in [1.165, 1.54) is 12.1 Å². The van der Waals surface area contributed by atoms with Gasteiger partial charge in [-0.2, -0.15) is 13.2 Å². The molecule has 2 rings (SSSR count). The molecule has 1 saturated heterocycles. The van der Waals surface area contributed by atoms with E-state index in [1.54, 1.807) is 0 Å². The fourth-order valence-corrected chi connectivity index (χ4v) is 3.01. The fraction of sp³-hybridized carbons (Fsp3) is 0.611. The van der Waals surface area contributed by atoms with Gasteiger partial charge in [0.1, 0.15) is 0 Å². The fourth-order valence-electron chi connectivity index (χ4n) is 3.01. The van der Waals surface area contributed by atoms with Gasteiger partial charge in [-0.15, -0.1) is 0 Å². The number of hydrogen-bond donors (Lipinski definition) is 1. The molecule has 0 spiro atoms. The molecular weight excluding hydrogens is 317 g/mol. The molecule has 0 aromatic heterocycles. The molecule has 1 aliphatic heterocycles. The summed E-state index contributed by atoms with van der Waals surface area (Å²) in [4.78, 5) is 14.7. The molecule has 24 heavy (non-hydrogen) atoms. The molecule has 1 unspecified atom stereocenters. The summed E-state index contributed by atoms with van der Waals surface area (Å²) in [7, 11) is 2.07. The quantitative estimate of drug-likeness (QED) is 0.888. The van der Waals surface area contributed by atoms with Gasteiger partial charge in [0.25, 0.3) is 0 Å². The van der Waals surface area contributed by atoms with E-state index in [9.17, 15) is 18.0 Å². The molecule has 1 aromatic carbocycles. The molecule has 1 heterocycles. The third kappa shape index (κ3) is 5.23. The highest BCUT2D eigenvalue weighted by Crippen LogP contribution is 2.29. The Kier molecular flexibility index (Phi) is 6.27. The molecule has 0 aliphatic carbocycles. The van der Waals surface area contributed by atoms with Crippen molar-refractivity contribution >= 4 is 5.91 Å². The van der Waals surface area contributed by atoms with Crippen LogP contribution in [0.15, 0.2) is 24.3 Å². The average Bonchev–Trinajstić information content (AvgIpc) is 2.54. The van der Waals surface area contributed by atoms with Crippen molar-refractivity contribution in [3.8, 4) is 0 Å². The topological polar surface area (TPSA) is 32.3 Å². The summed E-state index contributed by atoms with van der Waals surface area (Å²) in [6.07, 6.45) is -1.31. The Morgan fingerprint density at radius 1 is 1.25 bits per heavy atom. The van der Waals surface area contributed by atoms with E-state index in [0.29, 0.717) is 12.8 Å². The smallest absolute Gasteiger partial charge is 0.353 e. The van der Waals surface area contributed by atoms with Gasteiger partial charge in [0.05, 0.1) is 5.56 Å². The number of piperidine rings is 1. The van der Waals surface area contributed by atoms with E-state index in [4.69, 9.17) is 0 Å². The number of hydrogen-bond acceptors (Lipinski definition) is 2. The summed E-state index contributed by atoms with van der Waals surface area (Å²) in [6, 6.07) is 5.30. The van der Waals surface area contributed by atoms with Crippen LogP contribution in [0.1, 0.15) is 37.3 Å². The highest BCUT2D eigenvalue weighted by atomic mass is 19.4. The predicted molar refractivity (Wildman–Crippen MR) is 87.6 cm³/mol. The summed E-state index contributed by atoms with van der Waals surface area (Å²) < 4.78 is 37.8. The normalized spacial score (nSPS) is 18.4. The Labute approximate surface area is 141 Å². The van der Waals surface area contributed by atoms with Gasteiger partial charge in [-0.3, -0.25) is 4.79 Å². The van der Waals surface area contributed by atoms with Crippen molar-refractivity contribution in [2.45, 2.75) is 44.8 Å². The third-order valence-corrected chi connectivity index (χ3v) is 4.69. The van der Waals surface area contributed by atoms with Crippen LogP contribution in [-0.4, -0.2) is 37.0 Å². The summed E-state index contributed by atoms with van der Waals surface area (Å²) >= 11 is 0. The third-order valence-electron chi connectivity index (χ3n) is 4.69. The van der Waals surface area contributed by atoms with Gasteiger partial charge < -0.3 is 10.2 Å². The molecule has 3 nitrogen and oxygen atoms in total. The Hall–Kier alpha value is -1.56. The first-order chi connectivity index (χ1) is 11.3. The van der Waals surface area contributed by atoms with Crippen LogP contribution in [0.5, 0.6) is 0 Å². The largest absolute Gasteiger partial charge is 0.416 e. The Morgan fingerprint density at radius 2 is 1.83 bits per heavy atom. The van der Waals surface area contributed by atoms with Gasteiger partial charge in [0.2, 0.25) is 5.91 Å². The lowest BCUT2D eigenvalue weighted by atomic mass is 9.94. The number of halogens is 3. The lowest BCUT2D eigenvalue weighted by Gasteiger charge is -2.30. The Balaban J connectivity index is 1.92. The standard InChI is InChI=1S/C18H25F3N2O/c1-3-14(17(24)22-16-8-10-23(2)11-9-16)12-13-4-6-15(7-5-13)18(19,20)21/h4-7,14,16H,3,8-12H2,1-2H3,(H,22,24). The first kappa shape index (κ1) is 18.8. The number of rotatable bonds is 5. The first-order valence-corrected chi connectivity index (χ1v) is 8.44. The van der Waals surface area contributed by atoms with Crippen LogP contribution in [0.25, 0.3) is 0 Å². The van der Waals surface area contributed by atoms with Gasteiger partial charge in [0.15, 0.2) is 0 Å². The first-order valence-electron chi connectivity index (χ1n) is 8.44. The van der Waals surface area contributed by atoms with Crippen molar-refractivity contribution in [1.82, 2.24) is 10.2 Å². The molecule has 0 radical (unpaired) electrons. The molecular formula is C18H25F3N2O. The van der Waals surface area contributed by atoms with Crippen LogP contribution < -0.4 is 5.32 Å². The minimum atomic E-state index is -4.33. The molecule has 0 saturated carbocycles. The summed E-state index contributed by atoms with van der Waals surface area (Å²) in [6.45, 7) is 3.88. The second kappa shape index (κ2) is 8.01. The summed E-state index contributed by atoms with van der Waals surface area (Å²) in [5.41, 5.74) is 0.100. The lowest BCUT2D eigenvalue weighted by Crippen LogP contribution is -2.45. The van der Waals surface area contributed by atoms with Gasteiger partial charge in [-0.1, -0.05) is 19.1 Å². The van der Waals surface area contributed by atoms with E-state index >= 15 is 0 Å². The predicted octanol–water partition coefficient (Wildman–Crippen LogP) is 3.48. The van der Waals surface area contributed by atoms with Gasteiger partial charge >= 0.3 is 6.18 Å². The van der Waals surface area contributed by atoms with Crippen molar-refractivity contribution in [2.75, 3.05) is 20.1 Å². The molecule has 1 fully saturated rings. The zero-order valence-electron chi connectivity index (χ0n) is 14.2. The zero-order valence-corrected chi connectivity index (χ0v) is 14.2. The van der Waals surface area contributed by atoms with Crippen molar-refractivity contribution in [2.24, 2.45) is 5.92 Å². The molecule has 1 atom stereocenters. The maximum absolute atomic E-state index is 12.6. The number of alkyl halides is 3. The van der Waals surface area contributed by atoms with Crippen LogP contribution >= 0.6 is 0 Å².